The summed E-state index contributed by atoms with van der Waals surface area (Å²) >= 11 is 0. The van der Waals surface area contributed by atoms with Crippen molar-refractivity contribution in [3.63, 3.8) is 0 Å². The number of anilines is 2. The van der Waals surface area contributed by atoms with Gasteiger partial charge in [0.2, 0.25) is 5.82 Å². The molecule has 1 aliphatic carbocycles. The molecule has 0 amide bonds. The molecule has 0 unspecified atom stereocenters. The Morgan fingerprint density at radius 3 is 2.60 bits per heavy atom. The number of rotatable bonds is 9. The van der Waals surface area contributed by atoms with Crippen LogP contribution in [0.25, 0.3) is 22.5 Å². The van der Waals surface area contributed by atoms with Crippen LogP contribution in [0.2, 0.25) is 0 Å². The van der Waals surface area contributed by atoms with Crippen molar-refractivity contribution in [3.05, 3.63) is 72.4 Å². The van der Waals surface area contributed by atoms with Crippen molar-refractivity contribution in [3.8, 4) is 22.5 Å². The summed E-state index contributed by atoms with van der Waals surface area (Å²) in [5.74, 6) is 3.14. The number of ketones is 1. The number of Topliss-reactive ketones (excluding diaryl/α,β-unsaturated/α-hetero) is 1. The summed E-state index contributed by atoms with van der Waals surface area (Å²) in [7, 11) is 1.79. The number of aryl methyl sites for hydroxylation is 1. The normalized spacial score (nSPS) is 20.8. The molecule has 3 heterocycles. The zero-order valence-corrected chi connectivity index (χ0v) is 24.7. The van der Waals surface area contributed by atoms with Crippen molar-refractivity contribution in [1.82, 2.24) is 25.2 Å². The molecule has 3 atom stereocenters. The first-order valence-electron chi connectivity index (χ1n) is 15.4. The summed E-state index contributed by atoms with van der Waals surface area (Å²) in [6.07, 6.45) is 11.2. The lowest BCUT2D eigenvalue weighted by Crippen LogP contribution is -2.39. The Labute approximate surface area is 248 Å². The second kappa shape index (κ2) is 12.8. The number of benzene rings is 2. The van der Waals surface area contributed by atoms with Gasteiger partial charge in [0, 0.05) is 43.0 Å². The number of aromatic nitrogens is 5. The van der Waals surface area contributed by atoms with E-state index in [0.29, 0.717) is 30.1 Å². The largest absolute Gasteiger partial charge is 0.371 e. The molecule has 2 aliphatic rings. The van der Waals surface area contributed by atoms with Gasteiger partial charge < -0.3 is 10.2 Å². The molecule has 2 aromatic heterocycles. The van der Waals surface area contributed by atoms with Crippen LogP contribution in [0.1, 0.15) is 57.4 Å². The van der Waals surface area contributed by atoms with Crippen molar-refractivity contribution in [2.45, 2.75) is 64.3 Å². The van der Waals surface area contributed by atoms with Gasteiger partial charge in [0.15, 0.2) is 0 Å². The lowest BCUT2D eigenvalue weighted by molar-refractivity contribution is -0.116. The van der Waals surface area contributed by atoms with E-state index in [1.165, 1.54) is 55.4 Å². The molecule has 1 aliphatic heterocycles. The van der Waals surface area contributed by atoms with Gasteiger partial charge in [-0.15, -0.1) is 10.2 Å². The van der Waals surface area contributed by atoms with Crippen molar-refractivity contribution in [2.24, 2.45) is 18.9 Å². The lowest BCUT2D eigenvalue weighted by Gasteiger charge is -2.39. The number of piperidine rings is 1. The van der Waals surface area contributed by atoms with E-state index in [1.54, 1.807) is 14.0 Å². The Morgan fingerprint density at radius 2 is 1.79 bits per heavy atom. The molecule has 2 aromatic carbocycles. The maximum Gasteiger partial charge on any atom is 0.204 e. The van der Waals surface area contributed by atoms with Crippen LogP contribution in [0, 0.1) is 11.8 Å². The Balaban J connectivity index is 1.10. The van der Waals surface area contributed by atoms with Gasteiger partial charge in [0.1, 0.15) is 11.6 Å². The van der Waals surface area contributed by atoms with Crippen LogP contribution in [0.4, 0.5) is 11.5 Å². The van der Waals surface area contributed by atoms with Gasteiger partial charge in [-0.25, -0.2) is 4.98 Å². The summed E-state index contributed by atoms with van der Waals surface area (Å²) in [5.41, 5.74) is 5.59. The predicted molar refractivity (Wildman–Crippen MR) is 167 cm³/mol. The fourth-order valence-electron chi connectivity index (χ4n) is 6.85. The smallest absolute Gasteiger partial charge is 0.204 e. The molecule has 0 bridgehead atoms. The first-order chi connectivity index (χ1) is 20.5. The molecule has 1 saturated heterocycles. The summed E-state index contributed by atoms with van der Waals surface area (Å²) in [5, 5.41) is 16.3. The Morgan fingerprint density at radius 1 is 0.952 bits per heavy atom. The molecule has 1 N–H and O–H groups in total. The minimum absolute atomic E-state index is 0.183. The molecule has 8 nitrogen and oxygen atoms in total. The minimum atomic E-state index is 0.183. The van der Waals surface area contributed by atoms with E-state index < -0.39 is 0 Å². The molecule has 6 rings (SSSR count). The number of pyridine rings is 1. The van der Waals surface area contributed by atoms with Gasteiger partial charge in [0.05, 0.1) is 7.05 Å². The number of hydrogen-bond acceptors (Lipinski definition) is 7. The maximum absolute atomic E-state index is 11.6. The Hall–Kier alpha value is -4.07. The van der Waals surface area contributed by atoms with E-state index in [2.05, 4.69) is 74.2 Å². The topological polar surface area (TPSA) is 88.8 Å². The number of tetrazole rings is 1. The molecule has 218 valence electrons. The Kier molecular flexibility index (Phi) is 8.58. The summed E-state index contributed by atoms with van der Waals surface area (Å²) in [4.78, 5) is 20.4. The van der Waals surface area contributed by atoms with Crippen LogP contribution in [0.15, 0.2) is 66.9 Å². The zero-order chi connectivity index (χ0) is 28.9. The third-order valence-electron chi connectivity index (χ3n) is 8.87. The van der Waals surface area contributed by atoms with Crippen LogP contribution >= 0.6 is 0 Å². The molecular weight excluding hydrogens is 522 g/mol. The highest BCUT2D eigenvalue weighted by Gasteiger charge is 2.30. The highest BCUT2D eigenvalue weighted by Crippen LogP contribution is 2.36. The summed E-state index contributed by atoms with van der Waals surface area (Å²) in [6.45, 7) is 3.86. The fraction of sp³-hybridized carbons (Fsp3) is 0.441. The maximum atomic E-state index is 11.6. The highest BCUT2D eigenvalue weighted by molar-refractivity contribution is 5.79. The summed E-state index contributed by atoms with van der Waals surface area (Å²) < 4.78 is 0. The third kappa shape index (κ3) is 6.86. The van der Waals surface area contributed by atoms with Gasteiger partial charge in [-0.2, -0.15) is 4.80 Å². The van der Waals surface area contributed by atoms with Gasteiger partial charge >= 0.3 is 0 Å². The second-order valence-electron chi connectivity index (χ2n) is 12.1. The van der Waals surface area contributed by atoms with Gasteiger partial charge in [-0.05, 0) is 109 Å². The number of carbonyl (C=O) groups is 1. The molecular formula is C34H41N7O. The fourth-order valence-corrected chi connectivity index (χ4v) is 6.85. The highest BCUT2D eigenvalue weighted by atomic mass is 16.1. The average molecular weight is 564 g/mol. The first-order valence-corrected chi connectivity index (χ1v) is 15.4. The monoisotopic (exact) mass is 563 g/mol. The van der Waals surface area contributed by atoms with Crippen molar-refractivity contribution >= 4 is 17.3 Å². The van der Waals surface area contributed by atoms with Crippen LogP contribution in [0.3, 0.4) is 0 Å². The Bertz CT molecular complexity index is 1500. The molecule has 8 heteroatoms. The van der Waals surface area contributed by atoms with Crippen molar-refractivity contribution in [2.75, 3.05) is 23.3 Å². The van der Waals surface area contributed by atoms with E-state index in [4.69, 9.17) is 4.98 Å². The van der Waals surface area contributed by atoms with Crippen LogP contribution in [-0.2, 0) is 18.3 Å². The standard InChI is InChI=1S/C34H41N7O/c1-24(42)19-25-7-5-10-28(20-25)29-16-17-35-33(22-29)36-32-11-4-3-9-30(32)21-26-8-6-18-41(23-26)31-14-12-27(13-15-31)34-37-39-40(2)38-34/h5,7,10,12-17,20,22,26,30,32H,3-4,6,8-9,11,18-19,21,23H2,1-2H3,(H,35,36)/t26-,30+,32-/m1/s1. The molecule has 42 heavy (non-hydrogen) atoms. The number of nitrogens with one attached hydrogen (secondary N) is 1. The molecule has 0 radical (unpaired) electrons. The zero-order valence-electron chi connectivity index (χ0n) is 24.7. The average Bonchev–Trinajstić information content (AvgIpc) is 3.44. The minimum Gasteiger partial charge on any atom is -0.371 e. The second-order valence-corrected chi connectivity index (χ2v) is 12.1. The van der Waals surface area contributed by atoms with E-state index in [1.807, 2.05) is 18.3 Å². The van der Waals surface area contributed by atoms with E-state index in [0.717, 1.165) is 41.2 Å². The van der Waals surface area contributed by atoms with Crippen LogP contribution in [0.5, 0.6) is 0 Å². The first kappa shape index (κ1) is 28.1. The molecule has 0 spiro atoms. The van der Waals surface area contributed by atoms with Crippen LogP contribution < -0.4 is 10.2 Å². The molecule has 4 aromatic rings. The van der Waals surface area contributed by atoms with Crippen LogP contribution in [-0.4, -0.2) is 50.1 Å². The van der Waals surface area contributed by atoms with Gasteiger partial charge in [-0.3, -0.25) is 4.79 Å². The molecule has 1 saturated carbocycles. The van der Waals surface area contributed by atoms with E-state index in [9.17, 15) is 4.79 Å². The summed E-state index contributed by atoms with van der Waals surface area (Å²) in [6, 6.07) is 21.6. The van der Waals surface area contributed by atoms with Gasteiger partial charge in [0.25, 0.3) is 0 Å². The van der Waals surface area contributed by atoms with Gasteiger partial charge in [-0.1, -0.05) is 37.1 Å². The number of carbonyl (C=O) groups excluding carboxylic acids is 1. The quantitative estimate of drug-likeness (QED) is 0.254. The van der Waals surface area contributed by atoms with E-state index in [-0.39, 0.29) is 5.78 Å². The lowest BCUT2D eigenvalue weighted by atomic mass is 9.77. The molecule has 2 fully saturated rings. The van der Waals surface area contributed by atoms with Crippen molar-refractivity contribution in [1.29, 1.82) is 0 Å². The number of nitrogens with zero attached hydrogens (tertiary/aromatic N) is 6. The third-order valence-corrected chi connectivity index (χ3v) is 8.87. The predicted octanol–water partition coefficient (Wildman–Crippen LogP) is 6.35. The van der Waals surface area contributed by atoms with Crippen molar-refractivity contribution < 1.29 is 4.79 Å². The van der Waals surface area contributed by atoms with E-state index >= 15 is 0 Å². The SMILES string of the molecule is CC(=O)Cc1cccc(-c2ccnc(N[C@@H]3CCCC[C@H]3C[C@H]3CCCN(c4ccc(-c5nnn(C)n5)cc4)C3)c2)c1. The number of hydrogen-bond donors (Lipinski definition) is 1.